The van der Waals surface area contributed by atoms with Crippen LogP contribution in [-0.2, 0) is 6.54 Å². The number of aromatic nitrogens is 4. The van der Waals surface area contributed by atoms with E-state index in [0.29, 0.717) is 52.8 Å². The van der Waals surface area contributed by atoms with Crippen molar-refractivity contribution >= 4 is 16.9 Å². The predicted molar refractivity (Wildman–Crippen MR) is 104 cm³/mol. The number of hydrogen-bond donors (Lipinski definition) is 3. The van der Waals surface area contributed by atoms with Crippen LogP contribution in [-0.4, -0.2) is 30.7 Å². The van der Waals surface area contributed by atoms with Gasteiger partial charge < -0.3 is 20.4 Å². The minimum absolute atomic E-state index is 0.204. The summed E-state index contributed by atoms with van der Waals surface area (Å²) < 4.78 is 1.90. The molecule has 1 atom stereocenters. The van der Waals surface area contributed by atoms with Crippen molar-refractivity contribution in [3.8, 4) is 23.2 Å². The molecule has 0 amide bonds. The van der Waals surface area contributed by atoms with Crippen molar-refractivity contribution in [3.63, 3.8) is 0 Å². The average Bonchev–Trinajstić information content (AvgIpc) is 3.35. The van der Waals surface area contributed by atoms with Crippen LogP contribution in [0.4, 0.5) is 5.82 Å². The fraction of sp³-hybridized carbons (Fsp3) is 0.350. The second-order valence-corrected chi connectivity index (χ2v) is 6.84. The van der Waals surface area contributed by atoms with Crippen LogP contribution in [0.1, 0.15) is 31.9 Å². The van der Waals surface area contributed by atoms with Gasteiger partial charge in [0.05, 0.1) is 5.39 Å². The first-order valence-corrected chi connectivity index (χ1v) is 9.10. The third-order valence-electron chi connectivity index (χ3n) is 4.78. The number of imidazole rings is 1. The van der Waals surface area contributed by atoms with E-state index in [1.54, 1.807) is 24.5 Å². The fourth-order valence-corrected chi connectivity index (χ4v) is 3.03. The topological polar surface area (TPSA) is 110 Å². The summed E-state index contributed by atoms with van der Waals surface area (Å²) in [7, 11) is 0. The normalized spacial score (nSPS) is 14.7. The second-order valence-electron chi connectivity index (χ2n) is 6.84. The van der Waals surface area contributed by atoms with Crippen LogP contribution in [0.2, 0.25) is 0 Å². The number of rotatable bonds is 4. The molecule has 4 N–H and O–H groups in total. The van der Waals surface area contributed by atoms with E-state index >= 15 is 0 Å². The molecule has 1 aliphatic rings. The Kier molecular flexibility index (Phi) is 4.42. The molecule has 27 heavy (non-hydrogen) atoms. The van der Waals surface area contributed by atoms with Crippen molar-refractivity contribution in [1.29, 1.82) is 0 Å². The van der Waals surface area contributed by atoms with Crippen LogP contribution in [0.15, 0.2) is 29.3 Å². The minimum Gasteiger partial charge on any atom is -0.384 e. The quantitative estimate of drug-likeness (QED) is 0.613. The molecule has 1 saturated carbocycles. The Morgan fingerprint density at radius 3 is 2.93 bits per heavy atom. The highest BCUT2D eigenvalue weighted by Crippen LogP contribution is 2.33. The highest BCUT2D eigenvalue weighted by atomic mass is 16.3. The number of aliphatic hydroxyl groups excluding tert-OH is 1. The Morgan fingerprint density at radius 2 is 2.26 bits per heavy atom. The van der Waals surface area contributed by atoms with Crippen molar-refractivity contribution in [3.05, 3.63) is 40.4 Å². The molecule has 0 radical (unpaired) electrons. The number of aliphatic hydroxyl groups is 1. The van der Waals surface area contributed by atoms with Crippen LogP contribution in [0.25, 0.3) is 22.4 Å². The molecule has 7 heteroatoms. The first-order chi connectivity index (χ1) is 13.1. The smallest absolute Gasteiger partial charge is 0.204 e. The molecule has 0 aliphatic heterocycles. The fourth-order valence-electron chi connectivity index (χ4n) is 3.03. The number of nitrogens with one attached hydrogen (secondary N) is 1. The van der Waals surface area contributed by atoms with E-state index < -0.39 is 6.10 Å². The molecular weight excluding hydrogens is 342 g/mol. The molecule has 3 aromatic rings. The number of aromatic amines is 1. The van der Waals surface area contributed by atoms with Gasteiger partial charge in [0.25, 0.3) is 0 Å². The zero-order chi connectivity index (χ0) is 19.0. The van der Waals surface area contributed by atoms with E-state index in [4.69, 9.17) is 5.73 Å². The Morgan fingerprint density at radius 1 is 1.44 bits per heavy atom. The third-order valence-corrected chi connectivity index (χ3v) is 4.78. The number of anilines is 1. The van der Waals surface area contributed by atoms with E-state index in [1.807, 2.05) is 11.5 Å². The number of pyridine rings is 2. The molecule has 0 bridgehead atoms. The number of hydrogen-bond acceptors (Lipinski definition) is 5. The van der Waals surface area contributed by atoms with Crippen molar-refractivity contribution in [2.45, 2.75) is 38.8 Å². The first kappa shape index (κ1) is 17.3. The minimum atomic E-state index is -0.692. The summed E-state index contributed by atoms with van der Waals surface area (Å²) in [4.78, 5) is 24.8. The summed E-state index contributed by atoms with van der Waals surface area (Å²) in [6.45, 7) is 2.56. The molecule has 3 heterocycles. The lowest BCUT2D eigenvalue weighted by Crippen LogP contribution is -2.20. The molecule has 0 spiro atoms. The zero-order valence-corrected chi connectivity index (χ0v) is 15.1. The third kappa shape index (κ3) is 3.32. The summed E-state index contributed by atoms with van der Waals surface area (Å²) in [6, 6.07) is 3.42. The Labute approximate surface area is 156 Å². The Balaban J connectivity index is 1.93. The Hall–Kier alpha value is -3.11. The molecule has 0 aromatic carbocycles. The number of nitrogens with zero attached hydrogens (tertiary/aromatic N) is 3. The van der Waals surface area contributed by atoms with Gasteiger partial charge in [-0.15, -0.1) is 0 Å². The number of fused-ring (bicyclic) bond motifs is 1. The van der Waals surface area contributed by atoms with Crippen LogP contribution in [0.3, 0.4) is 0 Å². The van der Waals surface area contributed by atoms with Crippen molar-refractivity contribution in [2.24, 2.45) is 5.92 Å². The van der Waals surface area contributed by atoms with E-state index in [2.05, 4.69) is 26.8 Å². The number of nitrogen functional groups attached to an aromatic ring is 1. The van der Waals surface area contributed by atoms with Crippen LogP contribution < -0.4 is 11.2 Å². The zero-order valence-electron chi connectivity index (χ0n) is 15.1. The van der Waals surface area contributed by atoms with E-state index in [-0.39, 0.29) is 5.43 Å². The maximum absolute atomic E-state index is 13.1. The Bertz CT molecular complexity index is 1100. The molecule has 1 aliphatic carbocycles. The SMILES string of the molecule is CCC(O)C#Cc1ccc2c(=O)c(-c3ncc[nH]3)c(N)n(CC3CC3)c2n1. The molecule has 4 rings (SSSR count). The van der Waals surface area contributed by atoms with Gasteiger partial charge in [-0.25, -0.2) is 9.97 Å². The summed E-state index contributed by atoms with van der Waals surface area (Å²) in [5.74, 6) is 7.00. The van der Waals surface area contributed by atoms with Gasteiger partial charge >= 0.3 is 0 Å². The van der Waals surface area contributed by atoms with Gasteiger partial charge in [-0.2, -0.15) is 0 Å². The van der Waals surface area contributed by atoms with E-state index in [1.165, 1.54) is 0 Å². The molecule has 7 nitrogen and oxygen atoms in total. The summed E-state index contributed by atoms with van der Waals surface area (Å²) in [6.07, 6.45) is 5.41. The lowest BCUT2D eigenvalue weighted by Gasteiger charge is -2.16. The van der Waals surface area contributed by atoms with Gasteiger partial charge in [-0.3, -0.25) is 4.79 Å². The average molecular weight is 363 g/mol. The number of nitrogens with two attached hydrogens (primary N) is 1. The lowest BCUT2D eigenvalue weighted by molar-refractivity contribution is 0.228. The molecule has 0 saturated heterocycles. The summed E-state index contributed by atoms with van der Waals surface area (Å²) in [5.41, 5.74) is 7.59. The number of H-pyrrole nitrogens is 1. The van der Waals surface area contributed by atoms with Crippen LogP contribution >= 0.6 is 0 Å². The van der Waals surface area contributed by atoms with Crippen LogP contribution in [0, 0.1) is 17.8 Å². The second kappa shape index (κ2) is 6.89. The maximum atomic E-state index is 13.1. The van der Waals surface area contributed by atoms with E-state index in [0.717, 1.165) is 12.8 Å². The van der Waals surface area contributed by atoms with Crippen molar-refractivity contribution < 1.29 is 5.11 Å². The molecule has 1 fully saturated rings. The van der Waals surface area contributed by atoms with Gasteiger partial charge in [0.2, 0.25) is 5.43 Å². The van der Waals surface area contributed by atoms with Gasteiger partial charge in [-0.05, 0) is 43.2 Å². The van der Waals surface area contributed by atoms with Gasteiger partial charge in [-0.1, -0.05) is 12.8 Å². The van der Waals surface area contributed by atoms with E-state index in [9.17, 15) is 9.90 Å². The monoisotopic (exact) mass is 363 g/mol. The molecule has 3 aromatic heterocycles. The maximum Gasteiger partial charge on any atom is 0.204 e. The van der Waals surface area contributed by atoms with Crippen LogP contribution in [0.5, 0.6) is 0 Å². The van der Waals surface area contributed by atoms with Crippen molar-refractivity contribution in [1.82, 2.24) is 19.5 Å². The molecular formula is C20H21N5O2. The van der Waals surface area contributed by atoms with Crippen molar-refractivity contribution in [2.75, 3.05) is 5.73 Å². The predicted octanol–water partition coefficient (Wildman–Crippen LogP) is 1.90. The summed E-state index contributed by atoms with van der Waals surface area (Å²) >= 11 is 0. The highest BCUT2D eigenvalue weighted by molar-refractivity contribution is 5.86. The van der Waals surface area contributed by atoms with Gasteiger partial charge in [0.15, 0.2) is 0 Å². The standard InChI is InChI=1S/C20H21N5O2/c1-2-14(26)7-5-13-6-8-15-17(27)16(19-22-9-10-23-19)18(21)25(20(15)24-13)11-12-3-4-12/h6,8-10,12,14,26H,2-4,11,21H2,1H3,(H,22,23). The highest BCUT2D eigenvalue weighted by Gasteiger charge is 2.26. The largest absolute Gasteiger partial charge is 0.384 e. The molecule has 138 valence electrons. The molecule has 1 unspecified atom stereocenters. The lowest BCUT2D eigenvalue weighted by atomic mass is 10.1. The first-order valence-electron chi connectivity index (χ1n) is 9.10. The van der Waals surface area contributed by atoms with Gasteiger partial charge in [0.1, 0.15) is 34.7 Å². The van der Waals surface area contributed by atoms with Gasteiger partial charge in [0, 0.05) is 18.9 Å². The summed E-state index contributed by atoms with van der Waals surface area (Å²) in [5, 5.41) is 10.1.